The highest BCUT2D eigenvalue weighted by Crippen LogP contribution is 2.26. The van der Waals surface area contributed by atoms with Gasteiger partial charge in [-0.25, -0.2) is 9.37 Å². The third kappa shape index (κ3) is 7.34. The number of anilines is 1. The largest absolute Gasteiger partial charge is 0.376 e. The average Bonchev–Trinajstić information content (AvgIpc) is 3.32. The van der Waals surface area contributed by atoms with Crippen LogP contribution >= 0.6 is 0 Å². The van der Waals surface area contributed by atoms with E-state index in [9.17, 15) is 18.8 Å². The third-order valence-electron chi connectivity index (χ3n) is 5.42. The highest BCUT2D eigenvalue weighted by molar-refractivity contribution is 5.94. The molecule has 0 spiro atoms. The number of halogens is 1. The fourth-order valence-corrected chi connectivity index (χ4v) is 3.85. The zero-order valence-corrected chi connectivity index (χ0v) is 19.5. The first kappa shape index (κ1) is 25.3. The summed E-state index contributed by atoms with van der Waals surface area (Å²) in [5, 5.41) is 5.52. The van der Waals surface area contributed by atoms with Gasteiger partial charge < -0.3 is 20.3 Å². The zero-order chi connectivity index (χ0) is 24.5. The molecule has 0 radical (unpaired) electrons. The number of rotatable bonds is 10. The molecular formula is C25H31FN4O4. The summed E-state index contributed by atoms with van der Waals surface area (Å²) in [5.74, 6) is -1.12. The molecule has 0 aliphatic carbocycles. The number of ether oxygens (including phenoxy) is 1. The van der Waals surface area contributed by atoms with Gasteiger partial charge in [0, 0.05) is 38.2 Å². The maximum absolute atomic E-state index is 13.6. The van der Waals surface area contributed by atoms with Crippen LogP contribution in [0.2, 0.25) is 0 Å². The molecule has 1 saturated heterocycles. The van der Waals surface area contributed by atoms with Gasteiger partial charge in [0.25, 0.3) is 0 Å². The van der Waals surface area contributed by atoms with Gasteiger partial charge >= 0.3 is 0 Å². The highest BCUT2D eigenvalue weighted by Gasteiger charge is 2.34. The van der Waals surface area contributed by atoms with Gasteiger partial charge in [0.15, 0.2) is 0 Å². The van der Waals surface area contributed by atoms with Gasteiger partial charge in [-0.2, -0.15) is 0 Å². The standard InChI is InChI=1S/C25H31FN4O4/c1-17(2)28-25(33)24(18-8-10-19(26)11-9-18)30(16-20-6-5-15-34-20)23(32)13-12-22(31)29-21-7-3-4-14-27-21/h3-4,7-11,14,17,20,24H,5-6,12-13,15-16H2,1-2H3,(H,28,33)(H,27,29,31)/t20-,24-/m1/s1. The van der Waals surface area contributed by atoms with Crippen molar-refractivity contribution >= 4 is 23.5 Å². The number of amides is 3. The molecule has 3 rings (SSSR count). The van der Waals surface area contributed by atoms with Crippen molar-refractivity contribution in [3.63, 3.8) is 0 Å². The maximum Gasteiger partial charge on any atom is 0.247 e. The van der Waals surface area contributed by atoms with Crippen molar-refractivity contribution in [3.8, 4) is 0 Å². The van der Waals surface area contributed by atoms with Gasteiger partial charge in [0.2, 0.25) is 17.7 Å². The molecule has 1 aliphatic heterocycles. The SMILES string of the molecule is CC(C)NC(=O)[C@@H](c1ccc(F)cc1)N(C[C@H]1CCCO1)C(=O)CCC(=O)Nc1ccccn1. The first-order chi connectivity index (χ1) is 16.3. The number of carbonyl (C=O) groups excluding carboxylic acids is 3. The molecule has 3 amide bonds. The lowest BCUT2D eigenvalue weighted by molar-refractivity contribution is -0.143. The van der Waals surface area contributed by atoms with E-state index in [1.54, 1.807) is 24.4 Å². The number of benzene rings is 1. The topological polar surface area (TPSA) is 101 Å². The van der Waals surface area contributed by atoms with Crippen LogP contribution in [0.5, 0.6) is 0 Å². The number of hydrogen-bond acceptors (Lipinski definition) is 5. The number of aromatic nitrogens is 1. The van der Waals surface area contributed by atoms with Gasteiger partial charge in [-0.3, -0.25) is 14.4 Å². The van der Waals surface area contributed by atoms with Crippen LogP contribution in [0.25, 0.3) is 0 Å². The van der Waals surface area contributed by atoms with Crippen LogP contribution in [0.4, 0.5) is 10.2 Å². The van der Waals surface area contributed by atoms with E-state index in [-0.39, 0.29) is 49.3 Å². The highest BCUT2D eigenvalue weighted by atomic mass is 19.1. The van der Waals surface area contributed by atoms with Gasteiger partial charge in [0.1, 0.15) is 17.7 Å². The average molecular weight is 471 g/mol. The second-order valence-electron chi connectivity index (χ2n) is 8.56. The molecule has 0 unspecified atom stereocenters. The Balaban J connectivity index is 1.80. The quantitative estimate of drug-likeness (QED) is 0.555. The molecule has 1 aromatic heterocycles. The van der Waals surface area contributed by atoms with Crippen LogP contribution in [0.3, 0.4) is 0 Å². The summed E-state index contributed by atoms with van der Waals surface area (Å²) < 4.78 is 19.3. The molecule has 9 heteroatoms. The zero-order valence-electron chi connectivity index (χ0n) is 19.5. The second-order valence-corrected chi connectivity index (χ2v) is 8.56. The van der Waals surface area contributed by atoms with E-state index in [4.69, 9.17) is 4.74 Å². The Morgan fingerprint density at radius 2 is 1.91 bits per heavy atom. The van der Waals surface area contributed by atoms with Crippen LogP contribution in [-0.2, 0) is 19.1 Å². The molecule has 1 fully saturated rings. The fourth-order valence-electron chi connectivity index (χ4n) is 3.85. The molecule has 1 aliphatic rings. The van der Waals surface area contributed by atoms with Crippen LogP contribution in [0.15, 0.2) is 48.7 Å². The minimum atomic E-state index is -0.974. The van der Waals surface area contributed by atoms with Crippen molar-refractivity contribution in [2.24, 2.45) is 0 Å². The molecule has 2 N–H and O–H groups in total. The predicted molar refractivity (Wildman–Crippen MR) is 125 cm³/mol. The summed E-state index contributed by atoms with van der Waals surface area (Å²) in [6.07, 6.45) is 2.83. The molecule has 1 aromatic carbocycles. The van der Waals surface area contributed by atoms with Crippen molar-refractivity contribution in [2.45, 2.75) is 57.7 Å². The number of hydrogen-bond donors (Lipinski definition) is 2. The summed E-state index contributed by atoms with van der Waals surface area (Å²) >= 11 is 0. The van der Waals surface area contributed by atoms with Gasteiger partial charge in [-0.1, -0.05) is 18.2 Å². The Kier molecular flexibility index (Phi) is 9.09. The van der Waals surface area contributed by atoms with Crippen LogP contribution in [0, 0.1) is 5.82 Å². The Morgan fingerprint density at radius 1 is 1.15 bits per heavy atom. The van der Waals surface area contributed by atoms with Gasteiger partial charge in [-0.15, -0.1) is 0 Å². The van der Waals surface area contributed by atoms with E-state index in [0.717, 1.165) is 12.8 Å². The van der Waals surface area contributed by atoms with Gasteiger partial charge in [-0.05, 0) is 56.5 Å². The van der Waals surface area contributed by atoms with Crippen molar-refractivity contribution < 1.29 is 23.5 Å². The Bertz CT molecular complexity index is 963. The van der Waals surface area contributed by atoms with Crippen molar-refractivity contribution in [2.75, 3.05) is 18.5 Å². The molecule has 0 bridgehead atoms. The number of pyridine rings is 1. The molecule has 2 aromatic rings. The van der Waals surface area contributed by atoms with Crippen molar-refractivity contribution in [1.82, 2.24) is 15.2 Å². The lowest BCUT2D eigenvalue weighted by atomic mass is 10.0. The van der Waals surface area contributed by atoms with E-state index in [1.165, 1.54) is 29.2 Å². The Hall–Kier alpha value is -3.33. The summed E-state index contributed by atoms with van der Waals surface area (Å²) in [4.78, 5) is 44.5. The molecule has 8 nitrogen and oxygen atoms in total. The van der Waals surface area contributed by atoms with Crippen LogP contribution < -0.4 is 10.6 Å². The van der Waals surface area contributed by atoms with Crippen molar-refractivity contribution in [3.05, 3.63) is 60.0 Å². The summed E-state index contributed by atoms with van der Waals surface area (Å²) in [6.45, 7) is 4.45. The molecule has 2 atom stereocenters. The maximum atomic E-state index is 13.6. The van der Waals surface area contributed by atoms with Crippen molar-refractivity contribution in [1.29, 1.82) is 0 Å². The summed E-state index contributed by atoms with van der Waals surface area (Å²) in [5.41, 5.74) is 0.490. The number of nitrogens with zero attached hydrogens (tertiary/aromatic N) is 2. The van der Waals surface area contributed by atoms with E-state index in [0.29, 0.717) is 18.0 Å². The lowest BCUT2D eigenvalue weighted by Gasteiger charge is -2.33. The predicted octanol–water partition coefficient (Wildman–Crippen LogP) is 3.21. The second kappa shape index (κ2) is 12.2. The van der Waals surface area contributed by atoms with E-state index in [1.807, 2.05) is 13.8 Å². The fraction of sp³-hybridized carbons (Fsp3) is 0.440. The molecule has 34 heavy (non-hydrogen) atoms. The van der Waals surface area contributed by atoms with E-state index in [2.05, 4.69) is 15.6 Å². The monoisotopic (exact) mass is 470 g/mol. The normalized spacial score (nSPS) is 16.2. The van der Waals surface area contributed by atoms with E-state index < -0.39 is 11.9 Å². The third-order valence-corrected chi connectivity index (χ3v) is 5.42. The van der Waals surface area contributed by atoms with E-state index >= 15 is 0 Å². The minimum absolute atomic E-state index is 0.0701. The number of nitrogens with one attached hydrogen (secondary N) is 2. The molecular weight excluding hydrogens is 439 g/mol. The minimum Gasteiger partial charge on any atom is -0.376 e. The lowest BCUT2D eigenvalue weighted by Crippen LogP contribution is -2.48. The molecule has 0 saturated carbocycles. The smallest absolute Gasteiger partial charge is 0.247 e. The summed E-state index contributed by atoms with van der Waals surface area (Å²) in [6, 6.07) is 9.55. The summed E-state index contributed by atoms with van der Waals surface area (Å²) in [7, 11) is 0. The molecule has 182 valence electrons. The van der Waals surface area contributed by atoms with Crippen LogP contribution in [-0.4, -0.2) is 52.9 Å². The number of carbonyl (C=O) groups is 3. The van der Waals surface area contributed by atoms with Crippen LogP contribution in [0.1, 0.15) is 51.1 Å². The first-order valence-corrected chi connectivity index (χ1v) is 11.5. The van der Waals surface area contributed by atoms with Gasteiger partial charge in [0.05, 0.1) is 6.10 Å². The Morgan fingerprint density at radius 3 is 2.53 bits per heavy atom. The first-order valence-electron chi connectivity index (χ1n) is 11.5. The Labute approximate surface area is 198 Å². The molecule has 2 heterocycles.